The number of amides is 1. The fraction of sp³-hybridized carbons (Fsp3) is 0.368. The molecule has 8 nitrogen and oxygen atoms in total. The third-order valence-corrected chi connectivity index (χ3v) is 7.01. The number of aromatic nitrogens is 1. The van der Waals surface area contributed by atoms with Gasteiger partial charge in [-0.1, -0.05) is 6.92 Å². The van der Waals surface area contributed by atoms with Crippen LogP contribution in [0, 0.1) is 0 Å². The lowest BCUT2D eigenvalue weighted by molar-refractivity contribution is -0.159. The Hall–Kier alpha value is -2.88. The summed E-state index contributed by atoms with van der Waals surface area (Å²) in [6.45, 7) is 0.507. The molecule has 35 heavy (non-hydrogen) atoms. The number of nitrogens with zero attached hydrogens (tertiary/aromatic N) is 4. The number of hydrazone groups is 1. The van der Waals surface area contributed by atoms with Gasteiger partial charge in [-0.2, -0.15) is 31.4 Å². The predicted molar refractivity (Wildman–Crippen MR) is 116 cm³/mol. The Morgan fingerprint density at radius 2 is 1.91 bits per heavy atom. The molecule has 1 amide bonds. The normalized spacial score (nSPS) is 16.4. The summed E-state index contributed by atoms with van der Waals surface area (Å²) < 4.78 is 107. The van der Waals surface area contributed by atoms with E-state index in [4.69, 9.17) is 4.42 Å². The van der Waals surface area contributed by atoms with Crippen molar-refractivity contribution in [3.05, 3.63) is 29.0 Å². The molecule has 0 N–H and O–H groups in total. The van der Waals surface area contributed by atoms with Crippen molar-refractivity contribution in [2.75, 3.05) is 12.3 Å². The Morgan fingerprint density at radius 1 is 1.23 bits per heavy atom. The SMILES string of the molecule is CCS(=O)(=O)C1=C(c2nc3cc(SC(F)(F)F)ccc3o2)N=CC(=NN(CC(F)(F)F)C(C)=O)C1. The molecule has 3 rings (SSSR count). The van der Waals surface area contributed by atoms with E-state index in [1.165, 1.54) is 13.0 Å². The summed E-state index contributed by atoms with van der Waals surface area (Å²) >= 11 is -0.366. The summed E-state index contributed by atoms with van der Waals surface area (Å²) in [5.74, 6) is -1.74. The van der Waals surface area contributed by atoms with Crippen molar-refractivity contribution in [1.29, 1.82) is 0 Å². The number of benzene rings is 1. The molecule has 0 bridgehead atoms. The number of alkyl halides is 6. The van der Waals surface area contributed by atoms with E-state index < -0.39 is 46.1 Å². The number of sulfone groups is 1. The van der Waals surface area contributed by atoms with Gasteiger partial charge in [0.25, 0.3) is 0 Å². The zero-order valence-corrected chi connectivity index (χ0v) is 19.6. The van der Waals surface area contributed by atoms with Crippen LogP contribution in [0.5, 0.6) is 0 Å². The first-order valence-corrected chi connectivity index (χ1v) is 12.1. The van der Waals surface area contributed by atoms with Crippen LogP contribution in [-0.4, -0.2) is 60.2 Å². The lowest BCUT2D eigenvalue weighted by Crippen LogP contribution is -2.35. The van der Waals surface area contributed by atoms with E-state index in [2.05, 4.69) is 15.1 Å². The minimum atomic E-state index is -4.75. The maximum Gasteiger partial charge on any atom is 0.446 e. The minimum Gasteiger partial charge on any atom is -0.435 e. The van der Waals surface area contributed by atoms with Crippen LogP contribution in [0.4, 0.5) is 26.3 Å². The first-order chi connectivity index (χ1) is 16.1. The van der Waals surface area contributed by atoms with Crippen molar-refractivity contribution in [2.45, 2.75) is 36.8 Å². The Bertz CT molecular complexity index is 1340. The van der Waals surface area contributed by atoms with E-state index in [9.17, 15) is 39.6 Å². The monoisotopic (exact) mass is 542 g/mol. The van der Waals surface area contributed by atoms with E-state index in [1.54, 1.807) is 0 Å². The summed E-state index contributed by atoms with van der Waals surface area (Å²) in [6, 6.07) is 3.49. The molecule has 1 aromatic carbocycles. The fourth-order valence-corrected chi connectivity index (χ4v) is 4.64. The minimum absolute atomic E-state index is 0.0117. The first-order valence-electron chi connectivity index (χ1n) is 9.67. The van der Waals surface area contributed by atoms with Gasteiger partial charge in [0.2, 0.25) is 11.8 Å². The maximum absolute atomic E-state index is 12.8. The number of oxazole rings is 1. The van der Waals surface area contributed by atoms with Gasteiger partial charge in [0.05, 0.1) is 22.6 Å². The highest BCUT2D eigenvalue weighted by Crippen LogP contribution is 2.38. The quantitative estimate of drug-likeness (QED) is 0.296. The van der Waals surface area contributed by atoms with Gasteiger partial charge in [0.15, 0.2) is 15.4 Å². The molecule has 2 aromatic rings. The number of allylic oxidation sites excluding steroid dienone is 1. The summed E-state index contributed by atoms with van der Waals surface area (Å²) in [5.41, 5.74) is -4.96. The number of fused-ring (bicyclic) bond motifs is 1. The maximum atomic E-state index is 12.8. The zero-order valence-electron chi connectivity index (χ0n) is 17.9. The van der Waals surface area contributed by atoms with Crippen LogP contribution < -0.4 is 0 Å². The number of aliphatic imine (C=N–C) groups is 1. The standard InChI is InChI=1S/C19H16F6N4O4S2/c1-3-35(31,32)15-6-11(28-29(10(2)30)9-18(20,21)22)8-26-16(15)17-27-13-7-12(34-19(23,24)25)4-5-14(13)33-17/h4-5,7-8H,3,6,9H2,1-2H3. The van der Waals surface area contributed by atoms with Gasteiger partial charge < -0.3 is 4.42 Å². The Kier molecular flexibility index (Phi) is 7.36. The van der Waals surface area contributed by atoms with Crippen molar-refractivity contribution < 1.29 is 44.0 Å². The molecule has 0 atom stereocenters. The van der Waals surface area contributed by atoms with Gasteiger partial charge in [-0.25, -0.2) is 23.4 Å². The highest BCUT2D eigenvalue weighted by molar-refractivity contribution is 8.00. The van der Waals surface area contributed by atoms with Crippen LogP contribution in [0.2, 0.25) is 0 Å². The lowest BCUT2D eigenvalue weighted by atomic mass is 10.2. The molecule has 0 fully saturated rings. The van der Waals surface area contributed by atoms with Crippen molar-refractivity contribution in [1.82, 2.24) is 9.99 Å². The number of hydrogen-bond acceptors (Lipinski definition) is 8. The Labute approximate surface area is 198 Å². The van der Waals surface area contributed by atoms with Gasteiger partial charge in [0, 0.05) is 18.2 Å². The molecule has 1 aliphatic heterocycles. The number of hydrogen-bond donors (Lipinski definition) is 0. The Morgan fingerprint density at radius 3 is 2.49 bits per heavy atom. The molecule has 0 saturated carbocycles. The van der Waals surface area contributed by atoms with Crippen molar-refractivity contribution in [3.63, 3.8) is 0 Å². The number of carbonyl (C=O) groups is 1. The topological polar surface area (TPSA) is 105 Å². The summed E-state index contributed by atoms with van der Waals surface area (Å²) in [7, 11) is -4.01. The highest BCUT2D eigenvalue weighted by Gasteiger charge is 2.34. The van der Waals surface area contributed by atoms with Crippen LogP contribution in [0.15, 0.2) is 42.5 Å². The molecular weight excluding hydrogens is 526 g/mol. The van der Waals surface area contributed by atoms with Crippen LogP contribution in [0.1, 0.15) is 26.2 Å². The zero-order chi connectivity index (χ0) is 26.2. The van der Waals surface area contributed by atoms with Gasteiger partial charge >= 0.3 is 11.7 Å². The number of carbonyl (C=O) groups excluding carboxylic acids is 1. The van der Waals surface area contributed by atoms with E-state index in [0.717, 1.165) is 25.3 Å². The first kappa shape index (κ1) is 26.7. The molecule has 1 aromatic heterocycles. The van der Waals surface area contributed by atoms with Crippen molar-refractivity contribution >= 4 is 56.2 Å². The molecule has 0 radical (unpaired) electrons. The molecule has 0 spiro atoms. The van der Waals surface area contributed by atoms with Crippen LogP contribution in [-0.2, 0) is 14.6 Å². The van der Waals surface area contributed by atoms with Crippen LogP contribution in [0.25, 0.3) is 16.8 Å². The third-order valence-electron chi connectivity index (χ3n) is 4.44. The van der Waals surface area contributed by atoms with E-state index in [0.29, 0.717) is 0 Å². The summed E-state index contributed by atoms with van der Waals surface area (Å²) in [5, 5.41) is 3.75. The molecule has 1 aliphatic rings. The second-order valence-electron chi connectivity index (χ2n) is 7.09. The second kappa shape index (κ2) is 9.64. The second-order valence-corrected chi connectivity index (χ2v) is 10.5. The molecule has 0 unspecified atom stereocenters. The largest absolute Gasteiger partial charge is 0.446 e. The van der Waals surface area contributed by atoms with Gasteiger partial charge in [-0.05, 0) is 30.0 Å². The predicted octanol–water partition coefficient (Wildman–Crippen LogP) is 4.78. The van der Waals surface area contributed by atoms with Crippen LogP contribution >= 0.6 is 11.8 Å². The molecule has 0 aliphatic carbocycles. The lowest BCUT2D eigenvalue weighted by Gasteiger charge is -2.20. The third kappa shape index (κ3) is 6.84. The molecule has 2 heterocycles. The van der Waals surface area contributed by atoms with Crippen molar-refractivity contribution in [2.24, 2.45) is 10.1 Å². The van der Waals surface area contributed by atoms with Gasteiger partial charge in [-0.3, -0.25) is 4.79 Å². The summed E-state index contributed by atoms with van der Waals surface area (Å²) in [4.78, 5) is 19.0. The Balaban J connectivity index is 2.04. The average Bonchev–Trinajstić information content (AvgIpc) is 3.14. The number of rotatable bonds is 6. The smallest absolute Gasteiger partial charge is 0.435 e. The average molecular weight is 542 g/mol. The van der Waals surface area contributed by atoms with Crippen LogP contribution in [0.3, 0.4) is 0 Å². The number of halogens is 6. The van der Waals surface area contributed by atoms with Gasteiger partial charge in [0.1, 0.15) is 17.8 Å². The molecular formula is C19H16F6N4O4S2. The van der Waals surface area contributed by atoms with E-state index in [-0.39, 0.29) is 55.0 Å². The molecule has 0 saturated heterocycles. The molecule has 16 heteroatoms. The van der Waals surface area contributed by atoms with E-state index >= 15 is 0 Å². The number of thioether (sulfide) groups is 1. The fourth-order valence-electron chi connectivity index (χ4n) is 2.92. The van der Waals surface area contributed by atoms with E-state index in [1.807, 2.05) is 0 Å². The highest BCUT2D eigenvalue weighted by atomic mass is 32.2. The molecule has 190 valence electrons. The van der Waals surface area contributed by atoms with Gasteiger partial charge in [-0.15, -0.1) is 0 Å². The van der Waals surface area contributed by atoms with Crippen molar-refractivity contribution in [3.8, 4) is 0 Å². The summed E-state index contributed by atoms with van der Waals surface area (Å²) in [6.07, 6.45) is -4.29.